The van der Waals surface area contributed by atoms with Crippen LogP contribution >= 0.6 is 11.8 Å². The number of nitrogens with zero attached hydrogens (tertiary/aromatic N) is 2. The van der Waals surface area contributed by atoms with Crippen molar-refractivity contribution in [2.45, 2.75) is 92.5 Å². The number of carboxylic acid groups (broad SMARTS) is 1. The van der Waals surface area contributed by atoms with Crippen LogP contribution in [0.1, 0.15) is 81.0 Å². The highest BCUT2D eigenvalue weighted by Crippen LogP contribution is 2.55. The topological polar surface area (TPSA) is 103 Å². The number of amides is 1. The molecule has 0 spiro atoms. The summed E-state index contributed by atoms with van der Waals surface area (Å²) in [5, 5.41) is 24.8. The second-order valence-corrected chi connectivity index (χ2v) is 13.2. The first-order valence-corrected chi connectivity index (χ1v) is 14.4. The number of aliphatic carboxylic acids is 1. The summed E-state index contributed by atoms with van der Waals surface area (Å²) < 4.78 is 0. The molecule has 3 N–H and O–H groups in total. The molecule has 1 amide bonds. The van der Waals surface area contributed by atoms with Crippen LogP contribution in [-0.4, -0.2) is 57.1 Å². The maximum absolute atomic E-state index is 13.6. The van der Waals surface area contributed by atoms with Crippen LogP contribution in [0.15, 0.2) is 17.2 Å². The Kier molecular flexibility index (Phi) is 6.24. The van der Waals surface area contributed by atoms with E-state index in [1.807, 2.05) is 12.1 Å². The minimum absolute atomic E-state index is 0.0285. The molecule has 1 aliphatic heterocycles. The Bertz CT molecular complexity index is 981. The number of carboxylic acids is 1. The van der Waals surface area contributed by atoms with Crippen molar-refractivity contribution >= 4 is 29.5 Å². The molecule has 2 heterocycles. The highest BCUT2D eigenvalue weighted by atomic mass is 32.2. The highest BCUT2D eigenvalue weighted by Gasteiger charge is 2.55. The van der Waals surface area contributed by atoms with Crippen molar-refractivity contribution in [2.24, 2.45) is 23.7 Å². The lowest BCUT2D eigenvalue weighted by Gasteiger charge is -2.58. The zero-order valence-electron chi connectivity index (χ0n) is 20.3. The van der Waals surface area contributed by atoms with Crippen molar-refractivity contribution in [1.82, 2.24) is 10.3 Å². The van der Waals surface area contributed by atoms with E-state index in [1.165, 1.54) is 12.8 Å². The molecule has 35 heavy (non-hydrogen) atoms. The second kappa shape index (κ2) is 9.25. The molecule has 190 valence electrons. The molecule has 6 fully saturated rings. The summed E-state index contributed by atoms with van der Waals surface area (Å²) in [4.78, 5) is 31.9. The number of nitrogens with one attached hydrogen (secondary N) is 1. The quantitative estimate of drug-likeness (QED) is 0.519. The van der Waals surface area contributed by atoms with Crippen molar-refractivity contribution in [1.29, 1.82) is 0 Å². The van der Waals surface area contributed by atoms with Crippen molar-refractivity contribution in [2.75, 3.05) is 18.0 Å². The van der Waals surface area contributed by atoms with Gasteiger partial charge in [0.15, 0.2) is 0 Å². The summed E-state index contributed by atoms with van der Waals surface area (Å²) in [5.74, 6) is 1.60. The minimum atomic E-state index is -0.744. The van der Waals surface area contributed by atoms with E-state index >= 15 is 0 Å². The molecule has 1 aromatic heterocycles. The smallest absolute Gasteiger partial charge is 0.303 e. The van der Waals surface area contributed by atoms with E-state index in [1.54, 1.807) is 11.8 Å². The van der Waals surface area contributed by atoms with Crippen molar-refractivity contribution < 1.29 is 19.8 Å². The van der Waals surface area contributed by atoms with Gasteiger partial charge in [-0.25, -0.2) is 4.98 Å². The Morgan fingerprint density at radius 3 is 2.54 bits per heavy atom. The zero-order valence-corrected chi connectivity index (χ0v) is 21.1. The van der Waals surface area contributed by atoms with E-state index in [0.29, 0.717) is 35.1 Å². The SMILES string of the molecule is O=C(O)CC1CCN(c2ccc(C(=O)N[C@H]3C4CC5C[C@@H]3C[C@@](O)(C5)C4)c(SC3CCCC3)n2)C1. The summed E-state index contributed by atoms with van der Waals surface area (Å²) in [6.07, 6.45) is 10.7. The monoisotopic (exact) mass is 499 g/mol. The Balaban J connectivity index is 1.21. The third-order valence-corrected chi connectivity index (χ3v) is 10.6. The van der Waals surface area contributed by atoms with Gasteiger partial charge in [-0.1, -0.05) is 12.8 Å². The number of pyridine rings is 1. The fraction of sp³-hybridized carbons (Fsp3) is 0.741. The van der Waals surface area contributed by atoms with Gasteiger partial charge < -0.3 is 20.4 Å². The number of carbonyl (C=O) groups is 2. The van der Waals surface area contributed by atoms with Gasteiger partial charge in [0.1, 0.15) is 10.8 Å². The minimum Gasteiger partial charge on any atom is -0.481 e. The van der Waals surface area contributed by atoms with Crippen molar-refractivity contribution in [3.8, 4) is 0 Å². The van der Waals surface area contributed by atoms with Crippen molar-refractivity contribution in [3.63, 3.8) is 0 Å². The molecule has 4 bridgehead atoms. The molecule has 6 atom stereocenters. The Hall–Kier alpha value is -1.80. The number of rotatable bonds is 7. The molecular weight excluding hydrogens is 462 g/mol. The number of hydrogen-bond donors (Lipinski definition) is 3. The zero-order chi connectivity index (χ0) is 24.2. The lowest BCUT2D eigenvalue weighted by atomic mass is 9.52. The normalized spacial score (nSPS) is 36.1. The molecular formula is C27H37N3O4S. The van der Waals surface area contributed by atoms with E-state index in [-0.39, 0.29) is 24.3 Å². The summed E-state index contributed by atoms with van der Waals surface area (Å²) in [6.45, 7) is 1.51. The average molecular weight is 500 g/mol. The summed E-state index contributed by atoms with van der Waals surface area (Å²) in [5.41, 5.74) is 0.165. The Morgan fingerprint density at radius 2 is 1.86 bits per heavy atom. The lowest BCUT2D eigenvalue weighted by Crippen LogP contribution is -2.61. The fourth-order valence-electron chi connectivity index (χ4n) is 7.93. The summed E-state index contributed by atoms with van der Waals surface area (Å²) in [6, 6.07) is 4.03. The molecule has 1 aromatic rings. The van der Waals surface area contributed by atoms with Gasteiger partial charge in [0.2, 0.25) is 0 Å². The maximum atomic E-state index is 13.6. The molecule has 3 unspecified atom stereocenters. The van der Waals surface area contributed by atoms with Gasteiger partial charge in [-0.15, -0.1) is 11.8 Å². The van der Waals surface area contributed by atoms with Gasteiger partial charge in [-0.2, -0.15) is 0 Å². The van der Waals surface area contributed by atoms with Crippen LogP contribution in [0, 0.1) is 23.7 Å². The Labute approximate surface area is 211 Å². The third-order valence-electron chi connectivity index (χ3n) is 9.28. The van der Waals surface area contributed by atoms with Gasteiger partial charge in [-0.05, 0) is 87.2 Å². The van der Waals surface area contributed by atoms with Gasteiger partial charge >= 0.3 is 5.97 Å². The second-order valence-electron chi connectivity index (χ2n) is 11.9. The third kappa shape index (κ3) is 4.80. The predicted molar refractivity (Wildman–Crippen MR) is 135 cm³/mol. The first-order valence-electron chi connectivity index (χ1n) is 13.5. The van der Waals surface area contributed by atoms with E-state index < -0.39 is 11.6 Å². The number of thioether (sulfide) groups is 1. The highest BCUT2D eigenvalue weighted by molar-refractivity contribution is 7.99. The van der Waals surface area contributed by atoms with Crippen LogP contribution in [0.5, 0.6) is 0 Å². The van der Waals surface area contributed by atoms with Crippen LogP contribution in [-0.2, 0) is 4.79 Å². The molecule has 1 saturated heterocycles. The first kappa shape index (κ1) is 23.6. The first-order chi connectivity index (χ1) is 16.8. The van der Waals surface area contributed by atoms with Gasteiger partial charge in [0.05, 0.1) is 11.2 Å². The number of anilines is 1. The molecule has 5 saturated carbocycles. The molecule has 7 rings (SSSR count). The van der Waals surface area contributed by atoms with E-state index in [0.717, 1.165) is 68.8 Å². The van der Waals surface area contributed by atoms with E-state index in [2.05, 4.69) is 10.2 Å². The number of aliphatic hydroxyl groups is 1. The number of hydrogen-bond acceptors (Lipinski definition) is 6. The standard InChI is InChI=1S/C27H37N3O4S/c31-23(32)11-16-7-8-30(15-16)22-6-5-21(26(28-22)35-20-3-1-2-4-20)25(33)29-24-18-9-17-10-19(24)14-27(34,12-17)13-18/h5-6,16-20,24,34H,1-4,7-15H2,(H,29,33)(H,31,32)/t16?,17?,18-,19?,24-,27+/m1/s1. The van der Waals surface area contributed by atoms with Crippen molar-refractivity contribution in [3.05, 3.63) is 17.7 Å². The lowest BCUT2D eigenvalue weighted by molar-refractivity contribution is -0.138. The molecule has 6 aliphatic rings. The molecule has 7 nitrogen and oxygen atoms in total. The average Bonchev–Trinajstić information content (AvgIpc) is 3.47. The number of carbonyl (C=O) groups excluding carboxylic acids is 1. The molecule has 8 heteroatoms. The van der Waals surface area contributed by atoms with Crippen LogP contribution in [0.2, 0.25) is 0 Å². The van der Waals surface area contributed by atoms with Crippen LogP contribution < -0.4 is 10.2 Å². The molecule has 0 aromatic carbocycles. The molecule has 0 radical (unpaired) electrons. The van der Waals surface area contributed by atoms with Gasteiger partial charge in [0, 0.05) is 30.8 Å². The van der Waals surface area contributed by atoms with Gasteiger partial charge in [0.25, 0.3) is 5.91 Å². The van der Waals surface area contributed by atoms with Crippen LogP contribution in [0.4, 0.5) is 5.82 Å². The van der Waals surface area contributed by atoms with Crippen LogP contribution in [0.3, 0.4) is 0 Å². The molecule has 5 aliphatic carbocycles. The largest absolute Gasteiger partial charge is 0.481 e. The maximum Gasteiger partial charge on any atom is 0.303 e. The Morgan fingerprint density at radius 1 is 1.11 bits per heavy atom. The predicted octanol–water partition coefficient (Wildman–Crippen LogP) is 4.09. The van der Waals surface area contributed by atoms with E-state index in [4.69, 9.17) is 10.1 Å². The summed E-state index contributed by atoms with van der Waals surface area (Å²) in [7, 11) is 0. The fourth-order valence-corrected chi connectivity index (χ4v) is 9.25. The van der Waals surface area contributed by atoms with Crippen LogP contribution in [0.25, 0.3) is 0 Å². The van der Waals surface area contributed by atoms with Gasteiger partial charge in [-0.3, -0.25) is 9.59 Å². The van der Waals surface area contributed by atoms with E-state index in [9.17, 15) is 14.7 Å². The summed E-state index contributed by atoms with van der Waals surface area (Å²) >= 11 is 1.75. The number of aromatic nitrogens is 1.